The van der Waals surface area contributed by atoms with Crippen LogP contribution in [0.1, 0.15) is 31.7 Å². The van der Waals surface area contributed by atoms with Gasteiger partial charge in [-0.25, -0.2) is 0 Å². The fourth-order valence-electron chi connectivity index (χ4n) is 1.68. The van der Waals surface area contributed by atoms with Crippen LogP contribution in [0.25, 0.3) is 0 Å². The first-order valence-corrected chi connectivity index (χ1v) is 6.16. The van der Waals surface area contributed by atoms with Gasteiger partial charge in [0.15, 0.2) is 0 Å². The van der Waals surface area contributed by atoms with Crippen LogP contribution in [0.4, 0.5) is 0 Å². The molecule has 0 radical (unpaired) electrons. The average Bonchev–Trinajstić information content (AvgIpc) is 2.34. The summed E-state index contributed by atoms with van der Waals surface area (Å²) in [7, 11) is 0. The van der Waals surface area contributed by atoms with E-state index in [1.807, 2.05) is 25.1 Å². The molecular weight excluding hydrogens is 212 g/mol. The van der Waals surface area contributed by atoms with Gasteiger partial charge in [-0.15, -0.1) is 0 Å². The molecule has 2 heteroatoms. The van der Waals surface area contributed by atoms with E-state index in [1.165, 1.54) is 5.56 Å². The quantitative estimate of drug-likeness (QED) is 0.552. The second-order valence-corrected chi connectivity index (χ2v) is 4.35. The number of benzene rings is 1. The van der Waals surface area contributed by atoms with Crippen LogP contribution in [0.5, 0.6) is 0 Å². The maximum Gasteiger partial charge on any atom is 0.0784 e. The van der Waals surface area contributed by atoms with Crippen LogP contribution in [-0.2, 0) is 11.3 Å². The van der Waals surface area contributed by atoms with Gasteiger partial charge in [-0.1, -0.05) is 42.5 Å². The fourth-order valence-corrected chi connectivity index (χ4v) is 1.68. The molecule has 17 heavy (non-hydrogen) atoms. The Morgan fingerprint density at radius 3 is 2.59 bits per heavy atom. The lowest BCUT2D eigenvalue weighted by molar-refractivity contribution is 0.0566. The number of aliphatic hydroxyl groups excluding tert-OH is 1. The lowest BCUT2D eigenvalue weighted by Gasteiger charge is -2.18. The zero-order valence-electron chi connectivity index (χ0n) is 10.6. The molecule has 0 fully saturated rings. The van der Waals surface area contributed by atoms with Crippen molar-refractivity contribution in [3.63, 3.8) is 0 Å². The molecule has 2 nitrogen and oxygen atoms in total. The lowest BCUT2D eigenvalue weighted by Crippen LogP contribution is -2.14. The molecule has 0 saturated heterocycles. The summed E-state index contributed by atoms with van der Waals surface area (Å²) in [6.07, 6.45) is 2.84. The molecule has 0 amide bonds. The molecular formula is C15H22O2. The third-order valence-corrected chi connectivity index (χ3v) is 2.72. The second kappa shape index (κ2) is 8.04. The lowest BCUT2D eigenvalue weighted by atomic mass is 10.1. The molecule has 1 unspecified atom stereocenters. The largest absolute Gasteiger partial charge is 0.396 e. The first-order chi connectivity index (χ1) is 8.24. The predicted molar refractivity (Wildman–Crippen MR) is 70.8 cm³/mol. The molecule has 1 atom stereocenters. The molecule has 1 aromatic carbocycles. The molecule has 0 aliphatic carbocycles. The molecule has 0 aliphatic rings. The Balaban J connectivity index is 2.36. The highest BCUT2D eigenvalue weighted by Gasteiger charge is 2.09. The first-order valence-electron chi connectivity index (χ1n) is 6.16. The standard InChI is InChI=1S/C15H22O2/c1-13(2)15(10-6-7-11-16)17-12-14-8-4-3-5-9-14/h3-5,8-9,15-16H,1,6-7,10-12H2,2H3. The van der Waals surface area contributed by atoms with Crippen molar-refractivity contribution in [2.45, 2.75) is 38.9 Å². The first kappa shape index (κ1) is 13.9. The van der Waals surface area contributed by atoms with Crippen molar-refractivity contribution in [1.82, 2.24) is 0 Å². The van der Waals surface area contributed by atoms with Gasteiger partial charge < -0.3 is 9.84 Å². The Hall–Kier alpha value is -1.12. The molecule has 1 rings (SSSR count). The van der Waals surface area contributed by atoms with Crippen LogP contribution < -0.4 is 0 Å². The molecule has 0 aliphatic heterocycles. The zero-order valence-corrected chi connectivity index (χ0v) is 10.6. The van der Waals surface area contributed by atoms with Gasteiger partial charge in [0, 0.05) is 6.61 Å². The SMILES string of the molecule is C=C(C)C(CCCCO)OCc1ccccc1. The number of ether oxygens (including phenoxy) is 1. The Morgan fingerprint density at radius 1 is 1.29 bits per heavy atom. The average molecular weight is 234 g/mol. The van der Waals surface area contributed by atoms with Crippen molar-refractivity contribution < 1.29 is 9.84 Å². The number of hydrogen-bond acceptors (Lipinski definition) is 2. The molecule has 0 saturated carbocycles. The van der Waals surface area contributed by atoms with Gasteiger partial charge in [0.2, 0.25) is 0 Å². The van der Waals surface area contributed by atoms with Crippen molar-refractivity contribution in [2.75, 3.05) is 6.61 Å². The van der Waals surface area contributed by atoms with E-state index >= 15 is 0 Å². The van der Waals surface area contributed by atoms with E-state index in [0.29, 0.717) is 6.61 Å². The van der Waals surface area contributed by atoms with Crippen molar-refractivity contribution in [3.8, 4) is 0 Å². The van der Waals surface area contributed by atoms with Crippen LogP contribution in [0.15, 0.2) is 42.5 Å². The molecule has 0 aromatic heterocycles. The summed E-state index contributed by atoms with van der Waals surface area (Å²) < 4.78 is 5.85. The zero-order chi connectivity index (χ0) is 12.5. The summed E-state index contributed by atoms with van der Waals surface area (Å²) in [6, 6.07) is 10.1. The van der Waals surface area contributed by atoms with Crippen molar-refractivity contribution in [3.05, 3.63) is 48.0 Å². The summed E-state index contributed by atoms with van der Waals surface area (Å²) in [5, 5.41) is 8.76. The molecule has 1 aromatic rings. The highest BCUT2D eigenvalue weighted by molar-refractivity contribution is 5.13. The van der Waals surface area contributed by atoms with E-state index in [1.54, 1.807) is 0 Å². The summed E-state index contributed by atoms with van der Waals surface area (Å²) >= 11 is 0. The van der Waals surface area contributed by atoms with Crippen LogP contribution >= 0.6 is 0 Å². The van der Waals surface area contributed by atoms with Gasteiger partial charge in [-0.05, 0) is 31.7 Å². The van der Waals surface area contributed by atoms with Gasteiger partial charge >= 0.3 is 0 Å². The molecule has 94 valence electrons. The maximum absolute atomic E-state index is 8.76. The third kappa shape index (κ3) is 5.66. The van der Waals surface area contributed by atoms with Crippen LogP contribution in [0.2, 0.25) is 0 Å². The Labute approximate surface area is 104 Å². The second-order valence-electron chi connectivity index (χ2n) is 4.35. The van der Waals surface area contributed by atoms with Crippen molar-refractivity contribution in [2.24, 2.45) is 0 Å². The fraction of sp³-hybridized carbons (Fsp3) is 0.467. The van der Waals surface area contributed by atoms with E-state index < -0.39 is 0 Å². The molecule has 0 spiro atoms. The number of aliphatic hydroxyl groups is 1. The smallest absolute Gasteiger partial charge is 0.0784 e. The van der Waals surface area contributed by atoms with Gasteiger partial charge in [0.25, 0.3) is 0 Å². The highest BCUT2D eigenvalue weighted by atomic mass is 16.5. The summed E-state index contributed by atoms with van der Waals surface area (Å²) in [4.78, 5) is 0. The minimum absolute atomic E-state index is 0.0988. The van der Waals surface area contributed by atoms with Crippen LogP contribution in [0, 0.1) is 0 Å². The number of rotatable bonds is 8. The third-order valence-electron chi connectivity index (χ3n) is 2.72. The predicted octanol–water partition coefficient (Wildman–Crippen LogP) is 3.31. The van der Waals surface area contributed by atoms with Gasteiger partial charge in [0.1, 0.15) is 0 Å². The summed E-state index contributed by atoms with van der Waals surface area (Å²) in [6.45, 7) is 6.83. The Bertz CT molecular complexity index is 319. The van der Waals surface area contributed by atoms with Crippen molar-refractivity contribution >= 4 is 0 Å². The molecule has 0 bridgehead atoms. The Kier molecular flexibility index (Phi) is 6.60. The van der Waals surface area contributed by atoms with Gasteiger partial charge in [-0.2, -0.15) is 0 Å². The van der Waals surface area contributed by atoms with E-state index in [4.69, 9.17) is 9.84 Å². The monoisotopic (exact) mass is 234 g/mol. The summed E-state index contributed by atoms with van der Waals surface area (Å²) in [5.74, 6) is 0. The molecule has 0 heterocycles. The van der Waals surface area contributed by atoms with E-state index in [9.17, 15) is 0 Å². The normalized spacial score (nSPS) is 12.4. The number of unbranched alkanes of at least 4 members (excludes halogenated alkanes) is 1. The Morgan fingerprint density at radius 2 is 2.00 bits per heavy atom. The van der Waals surface area contributed by atoms with Crippen molar-refractivity contribution in [1.29, 1.82) is 0 Å². The van der Waals surface area contributed by atoms with Crippen LogP contribution in [0.3, 0.4) is 0 Å². The molecule has 1 N–H and O–H groups in total. The maximum atomic E-state index is 8.76. The van der Waals surface area contributed by atoms with Gasteiger partial charge in [0.05, 0.1) is 12.7 Å². The van der Waals surface area contributed by atoms with Crippen LogP contribution in [-0.4, -0.2) is 17.8 Å². The summed E-state index contributed by atoms with van der Waals surface area (Å²) in [5.41, 5.74) is 2.24. The number of hydrogen-bond donors (Lipinski definition) is 1. The van der Waals surface area contributed by atoms with E-state index in [-0.39, 0.29) is 12.7 Å². The minimum atomic E-state index is 0.0988. The topological polar surface area (TPSA) is 29.5 Å². The minimum Gasteiger partial charge on any atom is -0.396 e. The van der Waals surface area contributed by atoms with E-state index in [2.05, 4.69) is 18.7 Å². The highest BCUT2D eigenvalue weighted by Crippen LogP contribution is 2.14. The van der Waals surface area contributed by atoms with E-state index in [0.717, 1.165) is 24.8 Å². The van der Waals surface area contributed by atoms with Gasteiger partial charge in [-0.3, -0.25) is 0 Å².